The molecule has 0 atom stereocenters. The van der Waals surface area contributed by atoms with Gasteiger partial charge in [0.05, 0.1) is 0 Å². The number of thioether (sulfide) groups is 1. The van der Waals surface area contributed by atoms with Gasteiger partial charge in [-0.1, -0.05) is 17.8 Å². The van der Waals surface area contributed by atoms with Crippen LogP contribution in [0.3, 0.4) is 0 Å². The van der Waals surface area contributed by atoms with E-state index < -0.39 is 0 Å². The Morgan fingerprint density at radius 1 is 1.50 bits per heavy atom. The van der Waals surface area contributed by atoms with Crippen molar-refractivity contribution in [1.82, 2.24) is 0 Å². The van der Waals surface area contributed by atoms with Crippen molar-refractivity contribution in [3.8, 4) is 0 Å². The number of aldehydes is 1. The summed E-state index contributed by atoms with van der Waals surface area (Å²) in [7, 11) is 0. The fourth-order valence-corrected chi connectivity index (χ4v) is 0.920. The van der Waals surface area contributed by atoms with Gasteiger partial charge in [0.15, 0.2) is 5.12 Å². The van der Waals surface area contributed by atoms with Gasteiger partial charge in [-0.3, -0.25) is 9.59 Å². The van der Waals surface area contributed by atoms with Gasteiger partial charge in [-0.2, -0.15) is 0 Å². The summed E-state index contributed by atoms with van der Waals surface area (Å²) in [6, 6.07) is 0. The second-order valence-corrected chi connectivity index (χ2v) is 3.07. The molecule has 0 bridgehead atoms. The molecule has 3 heteroatoms. The molecular formula is C7H10O2S. The normalized spacial score (nSPS) is 11.2. The van der Waals surface area contributed by atoms with Crippen LogP contribution >= 0.6 is 11.8 Å². The van der Waals surface area contributed by atoms with Gasteiger partial charge in [0.1, 0.15) is 6.29 Å². The summed E-state index contributed by atoms with van der Waals surface area (Å²) in [4.78, 5) is 20.4. The summed E-state index contributed by atoms with van der Waals surface area (Å²) in [5.41, 5.74) is 0.675. The lowest BCUT2D eigenvalue weighted by Gasteiger charge is -1.88. The van der Waals surface area contributed by atoms with Gasteiger partial charge in [-0.15, -0.1) is 0 Å². The summed E-state index contributed by atoms with van der Waals surface area (Å²) < 4.78 is 0. The van der Waals surface area contributed by atoms with Gasteiger partial charge in [0, 0.05) is 12.7 Å². The molecule has 0 radical (unpaired) electrons. The van der Waals surface area contributed by atoms with Crippen molar-refractivity contribution in [2.45, 2.75) is 13.8 Å². The van der Waals surface area contributed by atoms with E-state index in [2.05, 4.69) is 0 Å². The molecule has 0 amide bonds. The van der Waals surface area contributed by atoms with E-state index in [-0.39, 0.29) is 5.12 Å². The van der Waals surface area contributed by atoms with Gasteiger partial charge in [-0.05, 0) is 12.5 Å². The molecule has 0 aliphatic carbocycles. The molecule has 0 unspecified atom stereocenters. The van der Waals surface area contributed by atoms with Crippen LogP contribution in [0.15, 0.2) is 11.6 Å². The van der Waals surface area contributed by atoms with Crippen LogP contribution in [0.5, 0.6) is 0 Å². The molecule has 2 nitrogen and oxygen atoms in total. The molecule has 0 spiro atoms. The third-order valence-electron chi connectivity index (χ3n) is 0.878. The van der Waals surface area contributed by atoms with Crippen LogP contribution in [0.4, 0.5) is 0 Å². The van der Waals surface area contributed by atoms with Crippen LogP contribution in [0.1, 0.15) is 13.8 Å². The molecule has 0 saturated carbocycles. The smallest absolute Gasteiger partial charge is 0.186 e. The highest BCUT2D eigenvalue weighted by Gasteiger charge is 1.90. The quantitative estimate of drug-likeness (QED) is 0.460. The van der Waals surface area contributed by atoms with Crippen molar-refractivity contribution in [2.24, 2.45) is 0 Å². The number of carbonyl (C=O) groups excluding carboxylic acids is 2. The Labute approximate surface area is 64.7 Å². The number of carbonyl (C=O) groups is 2. The number of hydrogen-bond acceptors (Lipinski definition) is 3. The second-order valence-electron chi connectivity index (χ2n) is 1.87. The minimum atomic E-state index is 0.0787. The number of hydrogen-bond donors (Lipinski definition) is 0. The fraction of sp³-hybridized carbons (Fsp3) is 0.429. The van der Waals surface area contributed by atoms with E-state index >= 15 is 0 Å². The minimum absolute atomic E-state index is 0.0787. The van der Waals surface area contributed by atoms with E-state index in [1.165, 1.54) is 18.7 Å². The molecule has 0 heterocycles. The molecular weight excluding hydrogens is 148 g/mol. The minimum Gasteiger partial charge on any atom is -0.298 e. The first-order chi connectivity index (χ1) is 4.66. The van der Waals surface area contributed by atoms with Gasteiger partial charge in [-0.25, -0.2) is 0 Å². The zero-order chi connectivity index (χ0) is 7.98. The highest BCUT2D eigenvalue weighted by molar-refractivity contribution is 8.13. The molecule has 0 aromatic carbocycles. The Hall–Kier alpha value is -0.570. The summed E-state index contributed by atoms with van der Waals surface area (Å²) in [6.45, 7) is 3.22. The summed E-state index contributed by atoms with van der Waals surface area (Å²) in [5.74, 6) is 0.597. The van der Waals surface area contributed by atoms with Crippen molar-refractivity contribution in [2.75, 3.05) is 5.75 Å². The molecule has 0 N–H and O–H groups in total. The molecule has 0 aromatic heterocycles. The average molecular weight is 158 g/mol. The maximum atomic E-state index is 10.4. The van der Waals surface area contributed by atoms with Gasteiger partial charge in [0.25, 0.3) is 0 Å². The lowest BCUT2D eigenvalue weighted by Crippen LogP contribution is -1.84. The van der Waals surface area contributed by atoms with E-state index in [0.717, 1.165) is 6.29 Å². The average Bonchev–Trinajstić information content (AvgIpc) is 1.87. The zero-order valence-electron chi connectivity index (χ0n) is 6.09. The summed E-state index contributed by atoms with van der Waals surface area (Å²) in [6.07, 6.45) is 2.51. The van der Waals surface area contributed by atoms with Crippen molar-refractivity contribution in [3.63, 3.8) is 0 Å². The Bertz CT molecular complexity index is 161. The molecule has 0 rings (SSSR count). The fourth-order valence-electron chi connectivity index (χ4n) is 0.339. The van der Waals surface area contributed by atoms with Gasteiger partial charge < -0.3 is 0 Å². The van der Waals surface area contributed by atoms with E-state index in [0.29, 0.717) is 11.3 Å². The molecule has 10 heavy (non-hydrogen) atoms. The Kier molecular flexibility index (Phi) is 4.94. The van der Waals surface area contributed by atoms with Gasteiger partial charge >= 0.3 is 0 Å². The standard InChI is InChI=1S/C7H10O2S/c1-6(5-8)3-4-10-7(2)9/h3,5H,4H2,1-2H3/b6-3+. The van der Waals surface area contributed by atoms with E-state index in [4.69, 9.17) is 0 Å². The topological polar surface area (TPSA) is 34.1 Å². The first kappa shape index (κ1) is 9.43. The van der Waals surface area contributed by atoms with Crippen LogP contribution in [0.2, 0.25) is 0 Å². The van der Waals surface area contributed by atoms with Crippen molar-refractivity contribution in [3.05, 3.63) is 11.6 Å². The predicted octanol–water partition coefficient (Wildman–Crippen LogP) is 1.41. The lowest BCUT2D eigenvalue weighted by atomic mass is 10.3. The highest BCUT2D eigenvalue weighted by atomic mass is 32.2. The Balaban J connectivity index is 3.52. The lowest BCUT2D eigenvalue weighted by molar-refractivity contribution is -0.109. The second kappa shape index (κ2) is 5.23. The predicted molar refractivity (Wildman–Crippen MR) is 43.0 cm³/mol. The molecule has 0 saturated heterocycles. The summed E-state index contributed by atoms with van der Waals surface area (Å²) >= 11 is 1.20. The van der Waals surface area contributed by atoms with E-state index in [1.54, 1.807) is 13.0 Å². The summed E-state index contributed by atoms with van der Waals surface area (Å²) in [5, 5.41) is 0.0787. The maximum Gasteiger partial charge on any atom is 0.186 e. The van der Waals surface area contributed by atoms with Crippen LogP contribution in [0.25, 0.3) is 0 Å². The number of rotatable bonds is 3. The maximum absolute atomic E-state index is 10.4. The zero-order valence-corrected chi connectivity index (χ0v) is 6.90. The van der Waals surface area contributed by atoms with Crippen LogP contribution in [0, 0.1) is 0 Å². The molecule has 56 valence electrons. The number of allylic oxidation sites excluding steroid dienone is 1. The first-order valence-electron chi connectivity index (χ1n) is 2.92. The van der Waals surface area contributed by atoms with Crippen LogP contribution < -0.4 is 0 Å². The van der Waals surface area contributed by atoms with Crippen molar-refractivity contribution < 1.29 is 9.59 Å². The van der Waals surface area contributed by atoms with Crippen molar-refractivity contribution in [1.29, 1.82) is 0 Å². The Morgan fingerprint density at radius 2 is 2.10 bits per heavy atom. The third kappa shape index (κ3) is 5.56. The third-order valence-corrected chi connectivity index (χ3v) is 1.62. The van der Waals surface area contributed by atoms with E-state index in [1.807, 2.05) is 0 Å². The molecule has 0 fully saturated rings. The first-order valence-corrected chi connectivity index (χ1v) is 3.90. The van der Waals surface area contributed by atoms with Crippen LogP contribution in [-0.4, -0.2) is 17.2 Å². The SMILES string of the molecule is CC(=O)SC/C=C(\C)C=O. The Morgan fingerprint density at radius 3 is 2.50 bits per heavy atom. The van der Waals surface area contributed by atoms with Crippen LogP contribution in [-0.2, 0) is 9.59 Å². The molecule has 0 aliphatic heterocycles. The monoisotopic (exact) mass is 158 g/mol. The van der Waals surface area contributed by atoms with Gasteiger partial charge in [0.2, 0.25) is 0 Å². The molecule has 0 aromatic rings. The van der Waals surface area contributed by atoms with Crippen molar-refractivity contribution >= 4 is 23.2 Å². The largest absolute Gasteiger partial charge is 0.298 e. The van der Waals surface area contributed by atoms with E-state index in [9.17, 15) is 9.59 Å². The molecule has 0 aliphatic rings. The highest BCUT2D eigenvalue weighted by Crippen LogP contribution is 2.02.